The van der Waals surface area contributed by atoms with Gasteiger partial charge < -0.3 is 42.7 Å². The first-order valence-corrected chi connectivity index (χ1v) is 12.4. The second-order valence-electron chi connectivity index (χ2n) is 8.11. The number of phenolic OH excluding ortho intramolecular Hbond substituents is 1. The number of phenols is 1. The monoisotopic (exact) mass is 527 g/mol. The van der Waals surface area contributed by atoms with Gasteiger partial charge in [-0.1, -0.05) is 12.1 Å². The number of carboxylic acids is 1. The summed E-state index contributed by atoms with van der Waals surface area (Å²) >= 11 is 1.38. The van der Waals surface area contributed by atoms with Crippen LogP contribution in [0.15, 0.2) is 24.3 Å². The molecule has 0 aliphatic carbocycles. The van der Waals surface area contributed by atoms with Crippen LogP contribution in [0.25, 0.3) is 0 Å². The third-order valence-corrected chi connectivity index (χ3v) is 5.74. The average Bonchev–Trinajstić information content (AvgIpc) is 2.80. The Morgan fingerprint density at radius 2 is 1.47 bits per heavy atom. The second-order valence-corrected chi connectivity index (χ2v) is 9.10. The number of aliphatic hydroxyl groups is 1. The summed E-state index contributed by atoms with van der Waals surface area (Å²) in [7, 11) is 0. The first-order valence-electron chi connectivity index (χ1n) is 11.0. The topological polar surface area (TPSA) is 234 Å². The van der Waals surface area contributed by atoms with E-state index in [1.807, 2.05) is 0 Å². The molecular weight excluding hydrogens is 494 g/mol. The standard InChI is InChI=1S/C22H33N5O8S/c1-11(28)18(24)21(33)26-15(10-17(23)30)20(32)25-14(7-8-36-2)19(31)27-16(22(34)35)9-12-3-5-13(29)6-4-12/h3-6,11,14-16,18,28-29H,7-10,24H2,1-2H3,(H2,23,30)(H,25,32)(H,26,33)(H,27,31)(H,34,35). The number of aliphatic hydroxyl groups excluding tert-OH is 1. The summed E-state index contributed by atoms with van der Waals surface area (Å²) in [4.78, 5) is 61.2. The maximum atomic E-state index is 12.9. The molecule has 5 unspecified atom stereocenters. The van der Waals surface area contributed by atoms with Gasteiger partial charge in [-0.25, -0.2) is 4.79 Å². The van der Waals surface area contributed by atoms with Gasteiger partial charge in [-0.05, 0) is 43.0 Å². The molecule has 0 saturated heterocycles. The van der Waals surface area contributed by atoms with E-state index in [2.05, 4.69) is 16.0 Å². The molecule has 5 atom stereocenters. The molecule has 1 aromatic carbocycles. The molecular formula is C22H33N5O8S. The number of amides is 4. The van der Waals surface area contributed by atoms with Gasteiger partial charge in [0, 0.05) is 6.42 Å². The van der Waals surface area contributed by atoms with E-state index in [0.717, 1.165) is 0 Å². The molecule has 1 aromatic rings. The lowest BCUT2D eigenvalue weighted by atomic mass is 10.0. The lowest BCUT2D eigenvalue weighted by Crippen LogP contribution is -2.58. The van der Waals surface area contributed by atoms with Crippen molar-refractivity contribution in [2.75, 3.05) is 12.0 Å². The molecule has 0 fully saturated rings. The van der Waals surface area contributed by atoms with Crippen molar-refractivity contribution in [3.05, 3.63) is 29.8 Å². The third kappa shape index (κ3) is 10.5. The number of carbonyl (C=O) groups excluding carboxylic acids is 4. The molecule has 0 aromatic heterocycles. The van der Waals surface area contributed by atoms with Crippen LogP contribution < -0.4 is 27.4 Å². The first kappa shape index (κ1) is 30.7. The predicted octanol–water partition coefficient (Wildman–Crippen LogP) is -2.19. The molecule has 0 aliphatic rings. The highest BCUT2D eigenvalue weighted by molar-refractivity contribution is 7.98. The summed E-state index contributed by atoms with van der Waals surface area (Å²) in [6.45, 7) is 1.27. The largest absolute Gasteiger partial charge is 0.508 e. The maximum Gasteiger partial charge on any atom is 0.326 e. The summed E-state index contributed by atoms with van der Waals surface area (Å²) in [5, 5.41) is 35.5. The van der Waals surface area contributed by atoms with Crippen LogP contribution in [0.3, 0.4) is 0 Å². The molecule has 0 saturated carbocycles. The lowest BCUT2D eigenvalue weighted by Gasteiger charge is -2.25. The van der Waals surface area contributed by atoms with Crippen LogP contribution in [0.1, 0.15) is 25.3 Å². The zero-order valence-corrected chi connectivity index (χ0v) is 20.8. The van der Waals surface area contributed by atoms with Crippen molar-refractivity contribution in [3.8, 4) is 5.75 Å². The summed E-state index contributed by atoms with van der Waals surface area (Å²) < 4.78 is 0. The van der Waals surface area contributed by atoms with E-state index in [0.29, 0.717) is 11.3 Å². The zero-order chi connectivity index (χ0) is 27.4. The Balaban J connectivity index is 3.01. The minimum atomic E-state index is -1.48. The van der Waals surface area contributed by atoms with Gasteiger partial charge in [0.15, 0.2) is 0 Å². The van der Waals surface area contributed by atoms with Crippen molar-refractivity contribution in [1.29, 1.82) is 0 Å². The minimum Gasteiger partial charge on any atom is -0.508 e. The highest BCUT2D eigenvalue weighted by Crippen LogP contribution is 2.12. The van der Waals surface area contributed by atoms with E-state index in [9.17, 15) is 39.3 Å². The second kappa shape index (κ2) is 14.9. The molecule has 200 valence electrons. The summed E-state index contributed by atoms with van der Waals surface area (Å²) in [6, 6.07) is 0.420. The van der Waals surface area contributed by atoms with Crippen molar-refractivity contribution in [2.45, 2.75) is 56.5 Å². The zero-order valence-electron chi connectivity index (χ0n) is 20.0. The summed E-state index contributed by atoms with van der Waals surface area (Å²) in [6.07, 6.45) is -0.0185. The molecule has 36 heavy (non-hydrogen) atoms. The number of rotatable bonds is 15. The van der Waals surface area contributed by atoms with Crippen LogP contribution >= 0.6 is 11.8 Å². The number of thioether (sulfide) groups is 1. The van der Waals surface area contributed by atoms with E-state index in [-0.39, 0.29) is 18.6 Å². The Kier molecular flexibility index (Phi) is 12.7. The maximum absolute atomic E-state index is 12.9. The van der Waals surface area contributed by atoms with E-state index in [1.54, 1.807) is 6.26 Å². The Bertz CT molecular complexity index is 928. The number of aliphatic carboxylic acids is 1. The van der Waals surface area contributed by atoms with Gasteiger partial charge in [-0.2, -0.15) is 11.8 Å². The summed E-state index contributed by atoms with van der Waals surface area (Å²) in [5.41, 5.74) is 11.3. The molecule has 13 nitrogen and oxygen atoms in total. The number of nitrogens with two attached hydrogens (primary N) is 2. The molecule has 10 N–H and O–H groups in total. The van der Waals surface area contributed by atoms with Crippen LogP contribution in [-0.4, -0.2) is 87.2 Å². The van der Waals surface area contributed by atoms with E-state index < -0.39 is 66.3 Å². The Morgan fingerprint density at radius 3 is 1.97 bits per heavy atom. The minimum absolute atomic E-state index is 0.00140. The van der Waals surface area contributed by atoms with E-state index in [1.165, 1.54) is 43.0 Å². The SMILES string of the molecule is CSCCC(NC(=O)C(CC(N)=O)NC(=O)C(N)C(C)O)C(=O)NC(Cc1ccc(O)cc1)C(=O)O. The number of primary amides is 1. The molecule has 0 aliphatic heterocycles. The van der Waals surface area contributed by atoms with Crippen molar-refractivity contribution in [2.24, 2.45) is 11.5 Å². The van der Waals surface area contributed by atoms with Crippen LogP contribution in [0.2, 0.25) is 0 Å². The molecule has 4 amide bonds. The molecule has 1 rings (SSSR count). The molecule has 14 heteroatoms. The first-order chi connectivity index (χ1) is 16.8. The Hall–Kier alpha value is -3.36. The van der Waals surface area contributed by atoms with Gasteiger partial charge in [0.05, 0.1) is 12.5 Å². The molecule has 0 heterocycles. The third-order valence-electron chi connectivity index (χ3n) is 5.10. The average molecular weight is 528 g/mol. The van der Waals surface area contributed by atoms with Crippen LogP contribution in [0.4, 0.5) is 0 Å². The molecule has 0 bridgehead atoms. The van der Waals surface area contributed by atoms with Crippen LogP contribution in [0, 0.1) is 0 Å². The smallest absolute Gasteiger partial charge is 0.326 e. The Morgan fingerprint density at radius 1 is 0.944 bits per heavy atom. The van der Waals surface area contributed by atoms with Crippen molar-refractivity contribution >= 4 is 41.4 Å². The fourth-order valence-electron chi connectivity index (χ4n) is 3.01. The molecule has 0 spiro atoms. The number of carbonyl (C=O) groups is 5. The van der Waals surface area contributed by atoms with E-state index in [4.69, 9.17) is 11.5 Å². The molecule has 0 radical (unpaired) electrons. The predicted molar refractivity (Wildman–Crippen MR) is 132 cm³/mol. The number of carboxylic acid groups (broad SMARTS) is 1. The number of aromatic hydroxyl groups is 1. The van der Waals surface area contributed by atoms with Crippen LogP contribution in [0.5, 0.6) is 5.75 Å². The van der Waals surface area contributed by atoms with Gasteiger partial charge in [-0.3, -0.25) is 19.2 Å². The number of hydrogen-bond acceptors (Lipinski definition) is 9. The van der Waals surface area contributed by atoms with Crippen molar-refractivity contribution in [3.63, 3.8) is 0 Å². The number of nitrogens with one attached hydrogen (secondary N) is 3. The van der Waals surface area contributed by atoms with Crippen molar-refractivity contribution < 1.29 is 39.3 Å². The van der Waals surface area contributed by atoms with Crippen molar-refractivity contribution in [1.82, 2.24) is 16.0 Å². The fourth-order valence-corrected chi connectivity index (χ4v) is 3.49. The summed E-state index contributed by atoms with van der Waals surface area (Å²) in [5.74, 6) is -4.39. The Labute approximate surface area is 212 Å². The quantitative estimate of drug-likeness (QED) is 0.123. The highest BCUT2D eigenvalue weighted by atomic mass is 32.2. The van der Waals surface area contributed by atoms with Gasteiger partial charge in [0.2, 0.25) is 23.6 Å². The number of hydrogen-bond donors (Lipinski definition) is 8. The highest BCUT2D eigenvalue weighted by Gasteiger charge is 2.31. The van der Waals surface area contributed by atoms with Gasteiger partial charge in [-0.15, -0.1) is 0 Å². The fraction of sp³-hybridized carbons (Fsp3) is 0.500. The van der Waals surface area contributed by atoms with Crippen LogP contribution in [-0.2, 0) is 30.4 Å². The normalized spacial score (nSPS) is 15.0. The van der Waals surface area contributed by atoms with Gasteiger partial charge in [0.1, 0.15) is 29.9 Å². The van der Waals surface area contributed by atoms with Gasteiger partial charge >= 0.3 is 5.97 Å². The van der Waals surface area contributed by atoms with E-state index >= 15 is 0 Å². The van der Waals surface area contributed by atoms with Gasteiger partial charge in [0.25, 0.3) is 0 Å². The lowest BCUT2D eigenvalue weighted by molar-refractivity contribution is -0.142. The number of benzene rings is 1.